The molecule has 0 spiro atoms. The third-order valence-corrected chi connectivity index (χ3v) is 4.36. The first kappa shape index (κ1) is 21.5. The lowest BCUT2D eigenvalue weighted by Gasteiger charge is -2.13. The number of nitrogens with one attached hydrogen (secondary N) is 2. The fraction of sp³-hybridized carbons (Fsp3) is 0.381. The molecule has 1 aliphatic heterocycles. The van der Waals surface area contributed by atoms with E-state index in [1.54, 1.807) is 13.2 Å². The second kappa shape index (κ2) is 10.5. The van der Waals surface area contributed by atoms with Gasteiger partial charge >= 0.3 is 6.61 Å². The summed E-state index contributed by atoms with van der Waals surface area (Å²) >= 11 is 0. The maximum atomic E-state index is 12.8. The van der Waals surface area contributed by atoms with Gasteiger partial charge in [0.05, 0.1) is 13.7 Å². The minimum Gasteiger partial charge on any atom is -0.497 e. The van der Waals surface area contributed by atoms with Crippen LogP contribution in [0, 0.1) is 0 Å². The summed E-state index contributed by atoms with van der Waals surface area (Å²) in [6, 6.07) is 10.9. The lowest BCUT2D eigenvalue weighted by Crippen LogP contribution is -2.38. The van der Waals surface area contributed by atoms with E-state index in [2.05, 4.69) is 20.4 Å². The van der Waals surface area contributed by atoms with Crippen LogP contribution in [0.25, 0.3) is 0 Å². The Hall–Kier alpha value is -3.23. The first-order chi connectivity index (χ1) is 14.6. The summed E-state index contributed by atoms with van der Waals surface area (Å²) in [6.45, 7) is 0.484. The van der Waals surface area contributed by atoms with Gasteiger partial charge in [0.2, 0.25) is 6.79 Å². The number of guanidine groups is 1. The van der Waals surface area contributed by atoms with Gasteiger partial charge in [-0.15, -0.1) is 0 Å². The smallest absolute Gasteiger partial charge is 0.387 e. The van der Waals surface area contributed by atoms with Crippen molar-refractivity contribution >= 4 is 5.96 Å². The Morgan fingerprint density at radius 1 is 1.17 bits per heavy atom. The molecular formula is C21H25F2N3O4. The molecule has 2 aromatic rings. The van der Waals surface area contributed by atoms with E-state index in [1.165, 1.54) is 6.07 Å². The third kappa shape index (κ3) is 5.88. The number of hydrogen-bond acceptors (Lipinski definition) is 5. The molecule has 7 nitrogen and oxygen atoms in total. The molecule has 2 aromatic carbocycles. The summed E-state index contributed by atoms with van der Waals surface area (Å²) < 4.78 is 46.0. The van der Waals surface area contributed by atoms with Crippen molar-refractivity contribution in [3.8, 4) is 23.0 Å². The fourth-order valence-electron chi connectivity index (χ4n) is 2.95. The molecule has 162 valence electrons. The van der Waals surface area contributed by atoms with Gasteiger partial charge in [0.25, 0.3) is 0 Å². The molecule has 30 heavy (non-hydrogen) atoms. The van der Waals surface area contributed by atoms with E-state index >= 15 is 0 Å². The van der Waals surface area contributed by atoms with Gasteiger partial charge in [0.15, 0.2) is 17.5 Å². The van der Waals surface area contributed by atoms with Crippen LogP contribution in [0.5, 0.6) is 23.0 Å². The number of hydrogen-bond donors (Lipinski definition) is 2. The normalized spacial score (nSPS) is 12.8. The number of halogens is 2. The van der Waals surface area contributed by atoms with Crippen molar-refractivity contribution in [3.63, 3.8) is 0 Å². The standard InChI is InChI=1S/C21H25F2N3O4/c1-3-24-21(25-8-7-14-5-4-6-16(9-14)27-2)26-12-15-10-18-19(29-13-28-18)11-17(15)30-20(22)23/h4-6,9-11,20H,3,7-8,12-13H2,1-2H3,(H2,24,25,26). The van der Waals surface area contributed by atoms with Gasteiger partial charge in [0, 0.05) is 24.7 Å². The summed E-state index contributed by atoms with van der Waals surface area (Å²) in [5.74, 6) is 2.26. The van der Waals surface area contributed by atoms with Crippen molar-refractivity contribution in [2.75, 3.05) is 27.0 Å². The Kier molecular flexibility index (Phi) is 7.53. The molecule has 2 N–H and O–H groups in total. The molecule has 0 bridgehead atoms. The molecule has 1 heterocycles. The van der Waals surface area contributed by atoms with Gasteiger partial charge in [-0.1, -0.05) is 12.1 Å². The van der Waals surface area contributed by atoms with Crippen molar-refractivity contribution in [1.29, 1.82) is 0 Å². The molecule has 0 aliphatic carbocycles. The second-order valence-electron chi connectivity index (χ2n) is 6.42. The lowest BCUT2D eigenvalue weighted by molar-refractivity contribution is -0.0505. The summed E-state index contributed by atoms with van der Waals surface area (Å²) in [4.78, 5) is 4.49. The number of aliphatic imine (C=N–C) groups is 1. The monoisotopic (exact) mass is 421 g/mol. The highest BCUT2D eigenvalue weighted by molar-refractivity contribution is 5.79. The minimum atomic E-state index is -2.94. The average molecular weight is 421 g/mol. The highest BCUT2D eigenvalue weighted by Gasteiger charge is 2.20. The molecular weight excluding hydrogens is 396 g/mol. The van der Waals surface area contributed by atoms with Gasteiger partial charge in [-0.05, 0) is 37.1 Å². The zero-order valence-corrected chi connectivity index (χ0v) is 16.9. The summed E-state index contributed by atoms with van der Waals surface area (Å²) in [5.41, 5.74) is 1.60. The Labute approximate surface area is 174 Å². The third-order valence-electron chi connectivity index (χ3n) is 4.36. The highest BCUT2D eigenvalue weighted by atomic mass is 19.3. The van der Waals surface area contributed by atoms with Crippen LogP contribution in [0.1, 0.15) is 18.1 Å². The number of benzene rings is 2. The summed E-state index contributed by atoms with van der Waals surface area (Å²) in [5, 5.41) is 6.39. The lowest BCUT2D eigenvalue weighted by atomic mass is 10.1. The molecule has 0 radical (unpaired) electrons. The number of nitrogens with zero attached hydrogens (tertiary/aromatic N) is 1. The molecule has 0 unspecified atom stereocenters. The van der Waals surface area contributed by atoms with Crippen molar-refractivity contribution in [2.45, 2.75) is 26.5 Å². The van der Waals surface area contributed by atoms with E-state index in [0.717, 1.165) is 17.7 Å². The van der Waals surface area contributed by atoms with Crippen LogP contribution in [-0.2, 0) is 13.0 Å². The van der Waals surface area contributed by atoms with Crippen molar-refractivity contribution < 1.29 is 27.7 Å². The number of alkyl halides is 2. The van der Waals surface area contributed by atoms with Crippen molar-refractivity contribution in [1.82, 2.24) is 10.6 Å². The van der Waals surface area contributed by atoms with Crippen LogP contribution in [-0.4, -0.2) is 39.6 Å². The Bertz CT molecular complexity index is 877. The average Bonchev–Trinajstić information content (AvgIpc) is 3.18. The first-order valence-corrected chi connectivity index (χ1v) is 9.61. The van der Waals surface area contributed by atoms with Gasteiger partial charge < -0.3 is 29.6 Å². The van der Waals surface area contributed by atoms with Crippen LogP contribution in [0.2, 0.25) is 0 Å². The zero-order chi connectivity index (χ0) is 21.3. The maximum absolute atomic E-state index is 12.8. The predicted molar refractivity (Wildman–Crippen MR) is 109 cm³/mol. The van der Waals surface area contributed by atoms with E-state index in [0.29, 0.717) is 36.1 Å². The largest absolute Gasteiger partial charge is 0.497 e. The van der Waals surface area contributed by atoms with E-state index in [9.17, 15) is 8.78 Å². The molecule has 1 aliphatic rings. The van der Waals surface area contributed by atoms with E-state index in [4.69, 9.17) is 14.2 Å². The quantitative estimate of drug-likeness (QED) is 0.478. The molecule has 0 atom stereocenters. The van der Waals surface area contributed by atoms with Crippen LogP contribution in [0.4, 0.5) is 8.78 Å². The van der Waals surface area contributed by atoms with Gasteiger partial charge in [-0.25, -0.2) is 4.99 Å². The zero-order valence-electron chi connectivity index (χ0n) is 16.9. The molecule has 0 saturated heterocycles. The second-order valence-corrected chi connectivity index (χ2v) is 6.42. The number of ether oxygens (including phenoxy) is 4. The van der Waals surface area contributed by atoms with Crippen LogP contribution < -0.4 is 29.6 Å². The molecule has 0 fully saturated rings. The van der Waals surface area contributed by atoms with Crippen LogP contribution >= 0.6 is 0 Å². The Balaban J connectivity index is 1.66. The summed E-state index contributed by atoms with van der Waals surface area (Å²) in [7, 11) is 1.63. The van der Waals surface area contributed by atoms with E-state index < -0.39 is 6.61 Å². The topological polar surface area (TPSA) is 73.3 Å². The van der Waals surface area contributed by atoms with Gasteiger partial charge in [-0.3, -0.25) is 0 Å². The molecule has 3 rings (SSSR count). The van der Waals surface area contributed by atoms with Crippen molar-refractivity contribution in [2.24, 2.45) is 4.99 Å². The Morgan fingerprint density at radius 2 is 1.97 bits per heavy atom. The molecule has 9 heteroatoms. The molecule has 0 saturated carbocycles. The number of rotatable bonds is 9. The van der Waals surface area contributed by atoms with Crippen LogP contribution in [0.3, 0.4) is 0 Å². The van der Waals surface area contributed by atoms with E-state index in [1.807, 2.05) is 31.2 Å². The van der Waals surface area contributed by atoms with Crippen molar-refractivity contribution in [3.05, 3.63) is 47.5 Å². The number of methoxy groups -OCH3 is 1. The SMILES string of the molecule is CCNC(=NCc1cc2c(cc1OC(F)F)OCO2)NCCc1cccc(OC)c1. The maximum Gasteiger partial charge on any atom is 0.387 e. The molecule has 0 aromatic heterocycles. The van der Waals surface area contributed by atoms with E-state index in [-0.39, 0.29) is 19.1 Å². The fourth-order valence-corrected chi connectivity index (χ4v) is 2.95. The molecule has 0 amide bonds. The summed E-state index contributed by atoms with van der Waals surface area (Å²) in [6.07, 6.45) is 0.769. The first-order valence-electron chi connectivity index (χ1n) is 9.61. The Morgan fingerprint density at radius 3 is 2.70 bits per heavy atom. The number of fused-ring (bicyclic) bond motifs is 1. The highest BCUT2D eigenvalue weighted by Crippen LogP contribution is 2.39. The minimum absolute atomic E-state index is 0.0187. The van der Waals surface area contributed by atoms with Crippen LogP contribution in [0.15, 0.2) is 41.4 Å². The predicted octanol–water partition coefficient (Wildman–Crippen LogP) is 3.32. The van der Waals surface area contributed by atoms with Gasteiger partial charge in [-0.2, -0.15) is 8.78 Å². The van der Waals surface area contributed by atoms with Gasteiger partial charge in [0.1, 0.15) is 11.5 Å².